The minimum atomic E-state index is 0.583. The number of rotatable bonds is 2. The highest BCUT2D eigenvalue weighted by Gasteiger charge is 2.05. The maximum absolute atomic E-state index is 2.32. The molecular formula is C17H20. The van der Waals surface area contributed by atoms with Gasteiger partial charge in [-0.1, -0.05) is 61.9 Å². The Morgan fingerprint density at radius 2 is 1.47 bits per heavy atom. The Labute approximate surface area is 104 Å². The van der Waals surface area contributed by atoms with Crippen LogP contribution in [-0.2, 0) is 0 Å². The summed E-state index contributed by atoms with van der Waals surface area (Å²) in [5.74, 6) is 0.583. The van der Waals surface area contributed by atoms with Crippen molar-refractivity contribution in [1.29, 1.82) is 0 Å². The molecule has 0 aromatic heterocycles. The molecule has 0 heterocycles. The van der Waals surface area contributed by atoms with Crippen LogP contribution >= 0.6 is 0 Å². The Morgan fingerprint density at radius 1 is 0.824 bits per heavy atom. The molecule has 0 aliphatic rings. The molecule has 0 aliphatic heterocycles. The van der Waals surface area contributed by atoms with E-state index in [4.69, 9.17) is 0 Å². The highest BCUT2D eigenvalue weighted by molar-refractivity contribution is 5.68. The summed E-state index contributed by atoms with van der Waals surface area (Å²) < 4.78 is 0. The first-order valence-corrected chi connectivity index (χ1v) is 6.25. The molecule has 0 fully saturated rings. The molecule has 0 atom stereocenters. The normalized spacial score (nSPS) is 10.9. The molecule has 0 saturated heterocycles. The molecule has 0 radical (unpaired) electrons. The van der Waals surface area contributed by atoms with Crippen LogP contribution in [0.2, 0.25) is 0 Å². The average molecular weight is 224 g/mol. The van der Waals surface area contributed by atoms with E-state index in [-0.39, 0.29) is 0 Å². The summed E-state index contributed by atoms with van der Waals surface area (Å²) in [7, 11) is 0. The first-order chi connectivity index (χ1) is 8.08. The minimum absolute atomic E-state index is 0.583. The number of aryl methyl sites for hydroxylation is 2. The standard InChI is InChI=1S/C17H20/c1-12(2)16-10-7-14(4)17(11-16)15-8-5-13(3)6-9-15/h5-12H,1-4H3. The van der Waals surface area contributed by atoms with E-state index in [1.807, 2.05) is 0 Å². The van der Waals surface area contributed by atoms with Crippen molar-refractivity contribution in [1.82, 2.24) is 0 Å². The molecule has 0 aliphatic carbocycles. The van der Waals surface area contributed by atoms with Crippen LogP contribution in [0.4, 0.5) is 0 Å². The van der Waals surface area contributed by atoms with E-state index in [0.29, 0.717) is 5.92 Å². The van der Waals surface area contributed by atoms with Crippen molar-refractivity contribution in [3.05, 3.63) is 59.2 Å². The monoisotopic (exact) mass is 224 g/mol. The van der Waals surface area contributed by atoms with Gasteiger partial charge in [0.05, 0.1) is 0 Å². The molecule has 0 heteroatoms. The van der Waals surface area contributed by atoms with Crippen LogP contribution in [0, 0.1) is 13.8 Å². The van der Waals surface area contributed by atoms with Crippen molar-refractivity contribution in [2.24, 2.45) is 0 Å². The lowest BCUT2D eigenvalue weighted by molar-refractivity contribution is 0.866. The van der Waals surface area contributed by atoms with Crippen molar-refractivity contribution in [2.45, 2.75) is 33.6 Å². The molecule has 0 amide bonds. The van der Waals surface area contributed by atoms with Crippen LogP contribution in [0.5, 0.6) is 0 Å². The molecule has 88 valence electrons. The quantitative estimate of drug-likeness (QED) is 0.666. The van der Waals surface area contributed by atoms with Crippen molar-refractivity contribution >= 4 is 0 Å². The topological polar surface area (TPSA) is 0 Å². The second-order valence-electron chi connectivity index (χ2n) is 5.10. The third kappa shape index (κ3) is 2.58. The summed E-state index contributed by atoms with van der Waals surface area (Å²) in [5, 5.41) is 0. The zero-order chi connectivity index (χ0) is 12.4. The SMILES string of the molecule is Cc1ccc(-c2cc(C(C)C)ccc2C)cc1. The molecule has 2 aromatic rings. The van der Waals surface area contributed by atoms with Crippen molar-refractivity contribution < 1.29 is 0 Å². The van der Waals surface area contributed by atoms with Crippen LogP contribution in [0.1, 0.15) is 36.5 Å². The second kappa shape index (κ2) is 4.75. The zero-order valence-corrected chi connectivity index (χ0v) is 11.1. The molecule has 0 bridgehead atoms. The smallest absolute Gasteiger partial charge is 0.0152 e. The molecule has 2 rings (SSSR count). The van der Waals surface area contributed by atoms with Crippen molar-refractivity contribution in [2.75, 3.05) is 0 Å². The summed E-state index contributed by atoms with van der Waals surface area (Å²) in [5.41, 5.74) is 6.74. The first kappa shape index (κ1) is 11.9. The Hall–Kier alpha value is -1.56. The minimum Gasteiger partial charge on any atom is -0.0587 e. The lowest BCUT2D eigenvalue weighted by Crippen LogP contribution is -1.91. The van der Waals surface area contributed by atoms with Gasteiger partial charge >= 0.3 is 0 Å². The van der Waals surface area contributed by atoms with E-state index in [2.05, 4.69) is 70.2 Å². The summed E-state index contributed by atoms with van der Waals surface area (Å²) in [6.45, 7) is 8.79. The third-order valence-corrected chi connectivity index (χ3v) is 3.29. The van der Waals surface area contributed by atoms with Gasteiger partial charge in [0.25, 0.3) is 0 Å². The van der Waals surface area contributed by atoms with Gasteiger partial charge in [-0.3, -0.25) is 0 Å². The van der Waals surface area contributed by atoms with E-state index in [9.17, 15) is 0 Å². The fourth-order valence-electron chi connectivity index (χ4n) is 2.04. The Kier molecular flexibility index (Phi) is 3.33. The van der Waals surface area contributed by atoms with Gasteiger partial charge in [0.1, 0.15) is 0 Å². The third-order valence-electron chi connectivity index (χ3n) is 3.29. The number of hydrogen-bond donors (Lipinski definition) is 0. The Bertz CT molecular complexity index is 504. The fraction of sp³-hybridized carbons (Fsp3) is 0.294. The molecule has 0 saturated carbocycles. The highest BCUT2D eigenvalue weighted by atomic mass is 14.1. The van der Waals surface area contributed by atoms with Gasteiger partial charge in [0, 0.05) is 0 Å². The van der Waals surface area contributed by atoms with Crippen LogP contribution in [-0.4, -0.2) is 0 Å². The van der Waals surface area contributed by atoms with Gasteiger partial charge in [-0.25, -0.2) is 0 Å². The average Bonchev–Trinajstić information content (AvgIpc) is 2.31. The molecule has 0 spiro atoms. The van der Waals surface area contributed by atoms with Gasteiger partial charge in [-0.2, -0.15) is 0 Å². The maximum atomic E-state index is 2.32. The first-order valence-electron chi connectivity index (χ1n) is 6.25. The highest BCUT2D eigenvalue weighted by Crippen LogP contribution is 2.27. The second-order valence-corrected chi connectivity index (χ2v) is 5.10. The number of benzene rings is 2. The fourth-order valence-corrected chi connectivity index (χ4v) is 2.04. The van der Waals surface area contributed by atoms with Crippen LogP contribution in [0.25, 0.3) is 11.1 Å². The van der Waals surface area contributed by atoms with E-state index in [1.54, 1.807) is 0 Å². The molecule has 17 heavy (non-hydrogen) atoms. The Balaban J connectivity index is 2.50. The predicted octanol–water partition coefficient (Wildman–Crippen LogP) is 5.09. The Morgan fingerprint density at radius 3 is 2.06 bits per heavy atom. The zero-order valence-electron chi connectivity index (χ0n) is 11.1. The van der Waals surface area contributed by atoms with Gasteiger partial charge in [0.2, 0.25) is 0 Å². The van der Waals surface area contributed by atoms with E-state index >= 15 is 0 Å². The molecule has 0 N–H and O–H groups in total. The van der Waals surface area contributed by atoms with Crippen LogP contribution in [0.3, 0.4) is 0 Å². The molecular weight excluding hydrogens is 204 g/mol. The predicted molar refractivity (Wildman–Crippen MR) is 75.4 cm³/mol. The summed E-state index contributed by atoms with van der Waals surface area (Å²) in [6, 6.07) is 15.6. The molecule has 0 nitrogen and oxygen atoms in total. The van der Waals surface area contributed by atoms with Crippen molar-refractivity contribution in [3.63, 3.8) is 0 Å². The lowest BCUT2D eigenvalue weighted by atomic mass is 9.93. The van der Waals surface area contributed by atoms with Gasteiger partial charge in [-0.15, -0.1) is 0 Å². The van der Waals surface area contributed by atoms with E-state index < -0.39 is 0 Å². The summed E-state index contributed by atoms with van der Waals surface area (Å²) >= 11 is 0. The van der Waals surface area contributed by atoms with E-state index in [0.717, 1.165) is 0 Å². The van der Waals surface area contributed by atoms with Crippen LogP contribution < -0.4 is 0 Å². The number of hydrogen-bond acceptors (Lipinski definition) is 0. The largest absolute Gasteiger partial charge is 0.0587 e. The lowest BCUT2D eigenvalue weighted by Gasteiger charge is -2.11. The van der Waals surface area contributed by atoms with Gasteiger partial charge in [0.15, 0.2) is 0 Å². The summed E-state index contributed by atoms with van der Waals surface area (Å²) in [4.78, 5) is 0. The van der Waals surface area contributed by atoms with Crippen LogP contribution in [0.15, 0.2) is 42.5 Å². The van der Waals surface area contributed by atoms with Crippen molar-refractivity contribution in [3.8, 4) is 11.1 Å². The maximum Gasteiger partial charge on any atom is -0.0152 e. The van der Waals surface area contributed by atoms with E-state index in [1.165, 1.54) is 27.8 Å². The van der Waals surface area contributed by atoms with Gasteiger partial charge in [-0.05, 0) is 42.0 Å². The van der Waals surface area contributed by atoms with Gasteiger partial charge < -0.3 is 0 Å². The summed E-state index contributed by atoms with van der Waals surface area (Å²) in [6.07, 6.45) is 0. The molecule has 2 aromatic carbocycles. The molecule has 0 unspecified atom stereocenters.